The molecule has 0 N–H and O–H groups in total. The smallest absolute Gasteiger partial charge is 0.254 e. The summed E-state index contributed by atoms with van der Waals surface area (Å²) in [6.07, 6.45) is 3.12. The van der Waals surface area contributed by atoms with Gasteiger partial charge in [-0.25, -0.2) is 9.67 Å². The molecule has 2 aromatic carbocycles. The summed E-state index contributed by atoms with van der Waals surface area (Å²) in [5.41, 5.74) is 2.43. The summed E-state index contributed by atoms with van der Waals surface area (Å²) in [5.74, 6) is -0.119. The fourth-order valence-corrected chi connectivity index (χ4v) is 2.78. The Bertz CT molecular complexity index is 879. The molecule has 0 saturated heterocycles. The van der Waals surface area contributed by atoms with E-state index in [-0.39, 0.29) is 11.9 Å². The minimum atomic E-state index is -0.119. The van der Waals surface area contributed by atoms with Crippen LogP contribution in [0.15, 0.2) is 55.1 Å². The van der Waals surface area contributed by atoms with Crippen molar-refractivity contribution < 1.29 is 4.79 Å². The van der Waals surface area contributed by atoms with E-state index in [1.807, 2.05) is 31.2 Å². The van der Waals surface area contributed by atoms with Gasteiger partial charge in [0, 0.05) is 12.6 Å². The molecule has 3 aromatic rings. The maximum atomic E-state index is 12.7. The molecule has 0 aliphatic rings. The molecular weight excluding hydrogens is 359 g/mol. The predicted octanol–water partition coefficient (Wildman–Crippen LogP) is 4.41. The molecule has 1 amide bonds. The Balaban J connectivity index is 1.78. The number of hydrogen-bond donors (Lipinski definition) is 0. The second-order valence-electron chi connectivity index (χ2n) is 5.65. The summed E-state index contributed by atoms with van der Waals surface area (Å²) in [6.45, 7) is 1.97. The highest BCUT2D eigenvalue weighted by atomic mass is 35.5. The van der Waals surface area contributed by atoms with Gasteiger partial charge in [0.25, 0.3) is 5.91 Å². The number of amides is 1. The molecule has 5 nitrogen and oxygen atoms in total. The van der Waals surface area contributed by atoms with Crippen molar-refractivity contribution in [1.82, 2.24) is 19.7 Å². The Morgan fingerprint density at radius 3 is 2.44 bits per heavy atom. The molecule has 0 radical (unpaired) electrons. The van der Waals surface area contributed by atoms with E-state index in [2.05, 4.69) is 10.1 Å². The number of carbonyl (C=O) groups is 1. The molecule has 7 heteroatoms. The molecule has 0 unspecified atom stereocenters. The zero-order chi connectivity index (χ0) is 18.0. The third-order valence-electron chi connectivity index (χ3n) is 4.13. The summed E-state index contributed by atoms with van der Waals surface area (Å²) in [7, 11) is 1.76. The van der Waals surface area contributed by atoms with E-state index in [1.165, 1.54) is 6.33 Å². The third-order valence-corrected chi connectivity index (χ3v) is 4.87. The summed E-state index contributed by atoms with van der Waals surface area (Å²) in [4.78, 5) is 18.3. The first-order chi connectivity index (χ1) is 12.0. The highest BCUT2D eigenvalue weighted by molar-refractivity contribution is 6.42. The molecule has 1 heterocycles. The van der Waals surface area contributed by atoms with Crippen molar-refractivity contribution in [3.8, 4) is 5.69 Å². The Morgan fingerprint density at radius 1 is 1.12 bits per heavy atom. The number of nitrogens with zero attached hydrogens (tertiary/aromatic N) is 4. The summed E-state index contributed by atoms with van der Waals surface area (Å²) < 4.78 is 1.68. The van der Waals surface area contributed by atoms with Gasteiger partial charge in [0.15, 0.2) is 0 Å². The van der Waals surface area contributed by atoms with Gasteiger partial charge in [0.1, 0.15) is 12.7 Å². The lowest BCUT2D eigenvalue weighted by Crippen LogP contribution is -2.29. The van der Waals surface area contributed by atoms with Crippen LogP contribution in [0.4, 0.5) is 0 Å². The normalized spacial score (nSPS) is 12.0. The van der Waals surface area contributed by atoms with E-state index in [0.29, 0.717) is 15.6 Å². The Morgan fingerprint density at radius 2 is 1.84 bits per heavy atom. The molecule has 0 fully saturated rings. The van der Waals surface area contributed by atoms with Gasteiger partial charge in [-0.2, -0.15) is 5.10 Å². The van der Waals surface area contributed by atoms with E-state index < -0.39 is 0 Å². The number of aromatic nitrogens is 3. The first-order valence-corrected chi connectivity index (χ1v) is 8.40. The van der Waals surface area contributed by atoms with Crippen LogP contribution in [0.2, 0.25) is 10.0 Å². The fraction of sp³-hybridized carbons (Fsp3) is 0.167. The molecule has 1 atom stereocenters. The zero-order valence-electron chi connectivity index (χ0n) is 13.7. The van der Waals surface area contributed by atoms with Gasteiger partial charge >= 0.3 is 0 Å². The number of halogens is 2. The molecule has 0 aliphatic carbocycles. The molecule has 3 rings (SSSR count). The standard InChI is InChI=1S/C18H16Cl2N4O/c1-12(13-3-6-15(7-4-13)24-11-21-10-22-24)23(2)18(25)14-5-8-16(19)17(20)9-14/h3-12H,1-2H3/t12-/m1/s1. The lowest BCUT2D eigenvalue weighted by molar-refractivity contribution is 0.0742. The van der Waals surface area contributed by atoms with Crippen molar-refractivity contribution in [3.63, 3.8) is 0 Å². The molecule has 1 aromatic heterocycles. The van der Waals surface area contributed by atoms with Crippen LogP contribution < -0.4 is 0 Å². The molecule has 0 saturated carbocycles. The zero-order valence-corrected chi connectivity index (χ0v) is 15.2. The molecule has 0 spiro atoms. The lowest BCUT2D eigenvalue weighted by atomic mass is 10.1. The second-order valence-corrected chi connectivity index (χ2v) is 6.47. The van der Waals surface area contributed by atoms with Crippen LogP contribution in [0.5, 0.6) is 0 Å². The highest BCUT2D eigenvalue weighted by Crippen LogP contribution is 2.26. The Kier molecular flexibility index (Phi) is 5.06. The summed E-state index contributed by atoms with van der Waals surface area (Å²) >= 11 is 11.9. The maximum absolute atomic E-state index is 12.7. The van der Waals surface area contributed by atoms with E-state index in [4.69, 9.17) is 23.2 Å². The average molecular weight is 375 g/mol. The highest BCUT2D eigenvalue weighted by Gasteiger charge is 2.19. The molecule has 128 valence electrons. The van der Waals surface area contributed by atoms with Crippen molar-refractivity contribution in [2.24, 2.45) is 0 Å². The molecule has 0 bridgehead atoms. The van der Waals surface area contributed by atoms with Gasteiger partial charge in [-0.3, -0.25) is 4.79 Å². The number of hydrogen-bond acceptors (Lipinski definition) is 3. The van der Waals surface area contributed by atoms with E-state index in [9.17, 15) is 4.79 Å². The average Bonchev–Trinajstić information content (AvgIpc) is 3.17. The van der Waals surface area contributed by atoms with Gasteiger partial charge in [0.05, 0.1) is 21.8 Å². The minimum Gasteiger partial charge on any atom is -0.335 e. The van der Waals surface area contributed by atoms with Crippen LogP contribution in [0, 0.1) is 0 Å². The van der Waals surface area contributed by atoms with Gasteiger partial charge < -0.3 is 4.90 Å². The van der Waals surface area contributed by atoms with E-state index in [0.717, 1.165) is 11.3 Å². The van der Waals surface area contributed by atoms with Crippen LogP contribution >= 0.6 is 23.2 Å². The van der Waals surface area contributed by atoms with Gasteiger partial charge in [-0.1, -0.05) is 35.3 Å². The van der Waals surface area contributed by atoms with Gasteiger partial charge in [-0.05, 0) is 42.8 Å². The topological polar surface area (TPSA) is 51.0 Å². The van der Waals surface area contributed by atoms with Crippen molar-refractivity contribution in [2.45, 2.75) is 13.0 Å². The van der Waals surface area contributed by atoms with E-state index >= 15 is 0 Å². The first-order valence-electron chi connectivity index (χ1n) is 7.64. The number of benzene rings is 2. The number of carbonyl (C=O) groups excluding carboxylic acids is 1. The van der Waals surface area contributed by atoms with Crippen LogP contribution in [-0.2, 0) is 0 Å². The van der Waals surface area contributed by atoms with E-state index in [1.54, 1.807) is 41.2 Å². The Labute approximate surface area is 155 Å². The number of rotatable bonds is 4. The summed E-state index contributed by atoms with van der Waals surface area (Å²) in [6, 6.07) is 12.6. The monoisotopic (exact) mass is 374 g/mol. The van der Waals surface area contributed by atoms with Gasteiger partial charge in [-0.15, -0.1) is 0 Å². The first kappa shape index (κ1) is 17.5. The van der Waals surface area contributed by atoms with Crippen LogP contribution in [0.25, 0.3) is 5.69 Å². The quantitative estimate of drug-likeness (QED) is 0.679. The third kappa shape index (κ3) is 3.67. The van der Waals surface area contributed by atoms with Crippen molar-refractivity contribution >= 4 is 29.1 Å². The predicted molar refractivity (Wildman–Crippen MR) is 98.3 cm³/mol. The fourth-order valence-electron chi connectivity index (χ4n) is 2.48. The minimum absolute atomic E-state index is 0.105. The lowest BCUT2D eigenvalue weighted by Gasteiger charge is -2.25. The largest absolute Gasteiger partial charge is 0.335 e. The maximum Gasteiger partial charge on any atom is 0.254 e. The van der Waals surface area contributed by atoms with Crippen molar-refractivity contribution in [2.75, 3.05) is 7.05 Å². The van der Waals surface area contributed by atoms with Crippen LogP contribution in [-0.4, -0.2) is 32.6 Å². The summed E-state index contributed by atoms with van der Waals surface area (Å²) in [5, 5.41) is 4.89. The van der Waals surface area contributed by atoms with Crippen LogP contribution in [0.3, 0.4) is 0 Å². The van der Waals surface area contributed by atoms with Crippen LogP contribution in [0.1, 0.15) is 28.9 Å². The molecule has 25 heavy (non-hydrogen) atoms. The second kappa shape index (κ2) is 7.25. The van der Waals surface area contributed by atoms with Crippen molar-refractivity contribution in [1.29, 1.82) is 0 Å². The Hall–Kier alpha value is -2.37. The molecular formula is C18H16Cl2N4O. The molecule has 0 aliphatic heterocycles. The van der Waals surface area contributed by atoms with Gasteiger partial charge in [0.2, 0.25) is 0 Å². The SMILES string of the molecule is C[C@H](c1ccc(-n2cncn2)cc1)N(C)C(=O)c1ccc(Cl)c(Cl)c1. The van der Waals surface area contributed by atoms with Crippen molar-refractivity contribution in [3.05, 3.63) is 76.3 Å².